The Bertz CT molecular complexity index is 2430. The third kappa shape index (κ3) is 7.00. The van der Waals surface area contributed by atoms with Gasteiger partial charge in [0.25, 0.3) is 0 Å². The summed E-state index contributed by atoms with van der Waals surface area (Å²) in [6.07, 6.45) is -7.30. The molecule has 2 heterocycles. The first-order valence-corrected chi connectivity index (χ1v) is 21.6. The van der Waals surface area contributed by atoms with Gasteiger partial charge in [0, 0.05) is 5.56 Å². The third-order valence-electron chi connectivity index (χ3n) is 10.3. The normalized spacial score (nSPS) is 22.1. The van der Waals surface area contributed by atoms with E-state index in [4.69, 9.17) is 18.9 Å². The highest BCUT2D eigenvalue weighted by molar-refractivity contribution is 7.83. The molecule has 8 rings (SSSR count). The molecule has 16 heteroatoms. The van der Waals surface area contributed by atoms with Gasteiger partial charge in [-0.15, -0.1) is 0 Å². The smallest absolute Gasteiger partial charge is 0.211 e. The number of ether oxygens (including phenoxy) is 4. The molecule has 0 N–H and O–H groups in total. The number of hydrogen-bond donors (Lipinski definition) is 0. The Morgan fingerprint density at radius 1 is 0.458 bits per heavy atom. The van der Waals surface area contributed by atoms with E-state index in [1.54, 1.807) is 36.4 Å². The Morgan fingerprint density at radius 3 is 1.24 bits per heavy atom. The minimum absolute atomic E-state index is 0.113. The maximum Gasteiger partial charge on any atom is 0.211 e. The van der Waals surface area contributed by atoms with Crippen LogP contribution in [0.1, 0.15) is 11.9 Å². The fourth-order valence-corrected chi connectivity index (χ4v) is 16.2. The van der Waals surface area contributed by atoms with E-state index in [0.29, 0.717) is 54.1 Å². The van der Waals surface area contributed by atoms with Crippen molar-refractivity contribution in [3.8, 4) is 5.75 Å². The van der Waals surface area contributed by atoms with E-state index in [1.165, 1.54) is 24.3 Å². The molecule has 0 bridgehead atoms. The van der Waals surface area contributed by atoms with Gasteiger partial charge in [-0.05, 0) is 60.7 Å². The lowest BCUT2D eigenvalue weighted by Gasteiger charge is -2.53. The van der Waals surface area contributed by atoms with E-state index in [-0.39, 0.29) is 5.75 Å². The fraction of sp³-hybridized carbons (Fsp3) is 0.163. The Balaban J connectivity index is 1.55. The zero-order valence-electron chi connectivity index (χ0n) is 30.2. The van der Waals surface area contributed by atoms with E-state index in [0.717, 1.165) is 24.3 Å². The molecule has 0 spiro atoms. The second-order valence-corrected chi connectivity index (χ2v) is 19.3. The second kappa shape index (κ2) is 16.2. The Hall–Kier alpha value is -5.10. The minimum Gasteiger partial charge on any atom is -0.464 e. The van der Waals surface area contributed by atoms with Crippen molar-refractivity contribution in [1.82, 2.24) is 0 Å². The summed E-state index contributed by atoms with van der Waals surface area (Å²) in [4.78, 5) is 0. The van der Waals surface area contributed by atoms with Crippen molar-refractivity contribution in [3.05, 3.63) is 186 Å². The van der Waals surface area contributed by atoms with Gasteiger partial charge >= 0.3 is 0 Å². The van der Waals surface area contributed by atoms with Crippen LogP contribution in [0.4, 0.5) is 35.1 Å². The van der Waals surface area contributed by atoms with Crippen LogP contribution in [0, 0.1) is 46.5 Å². The number of para-hydroxylation sites is 1. The van der Waals surface area contributed by atoms with Crippen molar-refractivity contribution in [1.29, 1.82) is 0 Å². The molecular formula is C43H30F8O6P2. The summed E-state index contributed by atoms with van der Waals surface area (Å²) in [6, 6.07) is 23.8. The average Bonchev–Trinajstić information content (AvgIpc) is 3.20. The van der Waals surface area contributed by atoms with Crippen LogP contribution >= 0.6 is 14.3 Å². The van der Waals surface area contributed by atoms with Crippen LogP contribution < -0.4 is 26.0 Å². The Kier molecular flexibility index (Phi) is 11.1. The van der Waals surface area contributed by atoms with E-state index >= 15 is 44.3 Å². The van der Waals surface area contributed by atoms with Crippen molar-refractivity contribution < 1.29 is 63.2 Å². The molecule has 6 aromatic rings. The topological polar surface area (TPSA) is 71.1 Å². The lowest BCUT2D eigenvalue weighted by molar-refractivity contribution is -0.303. The van der Waals surface area contributed by atoms with Crippen LogP contribution in [0.25, 0.3) is 0 Å². The lowest BCUT2D eigenvalue weighted by atomic mass is 10.0. The number of hydrogen-bond acceptors (Lipinski definition) is 6. The molecule has 6 atom stereocenters. The predicted molar refractivity (Wildman–Crippen MR) is 202 cm³/mol. The zero-order chi connectivity index (χ0) is 41.6. The quantitative estimate of drug-likeness (QED) is 0.107. The average molecular weight is 857 g/mol. The molecule has 2 saturated heterocycles. The monoisotopic (exact) mass is 856 g/mol. The highest BCUT2D eigenvalue weighted by Crippen LogP contribution is 2.67. The first kappa shape index (κ1) is 40.7. The summed E-state index contributed by atoms with van der Waals surface area (Å²) in [7, 11) is -11.9. The Labute approximate surface area is 332 Å². The Morgan fingerprint density at radius 2 is 0.831 bits per heavy atom. The van der Waals surface area contributed by atoms with Crippen LogP contribution in [-0.2, 0) is 23.3 Å². The molecule has 0 amide bonds. The first-order chi connectivity index (χ1) is 28.3. The molecule has 6 aromatic carbocycles. The van der Waals surface area contributed by atoms with Crippen molar-refractivity contribution in [3.63, 3.8) is 0 Å². The lowest BCUT2D eigenvalue weighted by Crippen LogP contribution is -2.65. The molecule has 0 aliphatic carbocycles. The van der Waals surface area contributed by atoms with Gasteiger partial charge < -0.3 is 28.1 Å². The molecule has 0 unspecified atom stereocenters. The van der Waals surface area contributed by atoms with Crippen LogP contribution in [0.2, 0.25) is 0 Å². The second-order valence-electron chi connectivity index (χ2n) is 13.7. The SMILES string of the molecule is O=P(c1c(F)cccc1F)(c1c(F)cccc1F)[C@H]1[C@H](Oc2ccccc2)O[C@@H]2CO[C@@H](c3ccccc3)O[C@H]2[C@@H]1P(=O)(c1c(F)cccc1F)c1c(F)cccc1F. The number of fused-ring (bicyclic) bond motifs is 1. The fourth-order valence-electron chi connectivity index (χ4n) is 7.94. The highest BCUT2D eigenvalue weighted by atomic mass is 31.2. The molecule has 59 heavy (non-hydrogen) atoms. The van der Waals surface area contributed by atoms with Gasteiger partial charge in [-0.2, -0.15) is 0 Å². The molecule has 2 aliphatic heterocycles. The van der Waals surface area contributed by atoms with Gasteiger partial charge in [0.1, 0.15) is 64.5 Å². The first-order valence-electron chi connectivity index (χ1n) is 18.0. The molecule has 6 nitrogen and oxygen atoms in total. The maximum absolute atomic E-state index is 16.7. The van der Waals surface area contributed by atoms with Crippen LogP contribution in [0.3, 0.4) is 0 Å². The van der Waals surface area contributed by atoms with Crippen LogP contribution in [0.15, 0.2) is 133 Å². The summed E-state index contributed by atoms with van der Waals surface area (Å²) in [6.45, 7) is -0.520. The largest absolute Gasteiger partial charge is 0.464 e. The van der Waals surface area contributed by atoms with Crippen LogP contribution in [-0.4, -0.2) is 36.4 Å². The molecular weight excluding hydrogens is 826 g/mol. The number of rotatable bonds is 9. The maximum atomic E-state index is 16.7. The van der Waals surface area contributed by atoms with Gasteiger partial charge in [-0.1, -0.05) is 72.8 Å². The van der Waals surface area contributed by atoms with E-state index in [1.807, 2.05) is 0 Å². The van der Waals surface area contributed by atoms with Gasteiger partial charge in [-0.25, -0.2) is 35.1 Å². The summed E-state index contributed by atoms with van der Waals surface area (Å²) in [5.74, 6) is -13.0. The van der Waals surface area contributed by atoms with Crippen molar-refractivity contribution >= 4 is 35.5 Å². The van der Waals surface area contributed by atoms with Crippen molar-refractivity contribution in [2.24, 2.45) is 0 Å². The van der Waals surface area contributed by atoms with Crippen molar-refractivity contribution in [2.45, 2.75) is 36.1 Å². The summed E-state index contributed by atoms with van der Waals surface area (Å²) >= 11 is 0. The minimum atomic E-state index is -5.98. The molecule has 304 valence electrons. The molecule has 0 radical (unpaired) electrons. The molecule has 0 saturated carbocycles. The highest BCUT2D eigenvalue weighted by Gasteiger charge is 2.66. The van der Waals surface area contributed by atoms with Gasteiger partial charge in [0.05, 0.1) is 39.1 Å². The third-order valence-corrected chi connectivity index (χ3v) is 17.8. The summed E-state index contributed by atoms with van der Waals surface area (Å²) in [5.41, 5.74) is -4.89. The number of halogens is 8. The molecule has 2 aliphatic rings. The molecule has 2 fully saturated rings. The molecule has 0 aromatic heterocycles. The zero-order valence-corrected chi connectivity index (χ0v) is 32.0. The van der Waals surface area contributed by atoms with Gasteiger partial charge in [0.15, 0.2) is 20.6 Å². The van der Waals surface area contributed by atoms with E-state index < -0.39 is 125 Å². The van der Waals surface area contributed by atoms with Crippen molar-refractivity contribution in [2.75, 3.05) is 6.61 Å². The predicted octanol–water partition coefficient (Wildman–Crippen LogP) is 8.78. The standard InChI is InChI=1S/C43H30F8O6P2/c44-26-15-7-16-27(45)36(26)58(52,37-28(46)17-8-18-29(37)47)40-35-34(23-54-42(57-35)24-11-3-1-4-12-24)56-43(55-25-13-5-2-6-14-25)41(40)59(53,38-30(48)19-9-20-31(38)49)39-32(50)21-10-22-33(39)51/h1-22,34-35,40-43H,23H2/t34-,35-,40+,41-,42-,43-/m1/s1. The summed E-state index contributed by atoms with van der Waals surface area (Å²) < 4.78 is 190. The van der Waals surface area contributed by atoms with Crippen LogP contribution in [0.5, 0.6) is 5.75 Å². The van der Waals surface area contributed by atoms with Gasteiger partial charge in [0.2, 0.25) is 6.29 Å². The number of benzene rings is 6. The van der Waals surface area contributed by atoms with E-state index in [9.17, 15) is 0 Å². The van der Waals surface area contributed by atoms with E-state index in [2.05, 4.69) is 0 Å². The van der Waals surface area contributed by atoms with Gasteiger partial charge in [-0.3, -0.25) is 0 Å². The summed E-state index contributed by atoms with van der Waals surface area (Å²) in [5, 5.41) is -5.77.